The third-order valence-corrected chi connectivity index (χ3v) is 6.77. The zero-order chi connectivity index (χ0) is 18.1. The fraction of sp³-hybridized carbons (Fsp3) is 0.350. The van der Waals surface area contributed by atoms with Crippen molar-refractivity contribution in [3.63, 3.8) is 0 Å². The molecular weight excluding hydrogens is 350 g/mol. The molecule has 0 N–H and O–H groups in total. The van der Waals surface area contributed by atoms with Gasteiger partial charge in [-0.1, -0.05) is 48.5 Å². The predicted octanol–water partition coefficient (Wildman–Crippen LogP) is 2.07. The van der Waals surface area contributed by atoms with Gasteiger partial charge >= 0.3 is 5.97 Å². The molecule has 1 saturated heterocycles. The molecule has 0 radical (unpaired) electrons. The Morgan fingerprint density at radius 1 is 0.962 bits per heavy atom. The molecule has 0 atom stereocenters. The average Bonchev–Trinajstić information content (AvgIpc) is 2.98. The molecular formula is C20H21NO4S. The first-order chi connectivity index (χ1) is 12.6. The van der Waals surface area contributed by atoms with Crippen molar-refractivity contribution in [2.45, 2.75) is 5.92 Å². The molecule has 4 rings (SSSR count). The van der Waals surface area contributed by atoms with E-state index in [9.17, 15) is 13.2 Å². The smallest absolute Gasteiger partial charge is 0.318 e. The van der Waals surface area contributed by atoms with Crippen LogP contribution in [0.15, 0.2) is 48.5 Å². The maximum Gasteiger partial charge on any atom is 0.318 e. The lowest BCUT2D eigenvalue weighted by atomic mass is 9.97. The Morgan fingerprint density at radius 2 is 1.50 bits per heavy atom. The maximum atomic E-state index is 12.8. The molecule has 0 aromatic heterocycles. The Hall–Kier alpha value is -2.18. The van der Waals surface area contributed by atoms with E-state index >= 15 is 0 Å². The van der Waals surface area contributed by atoms with Gasteiger partial charge in [0, 0.05) is 19.6 Å². The number of rotatable bonds is 4. The minimum absolute atomic E-state index is 0.185. The van der Waals surface area contributed by atoms with Crippen LogP contribution in [0.3, 0.4) is 0 Å². The molecule has 0 unspecified atom stereocenters. The zero-order valence-electron chi connectivity index (χ0n) is 14.4. The van der Waals surface area contributed by atoms with Crippen LogP contribution in [0.25, 0.3) is 11.1 Å². The van der Waals surface area contributed by atoms with Crippen molar-refractivity contribution in [1.29, 1.82) is 0 Å². The summed E-state index contributed by atoms with van der Waals surface area (Å²) < 4.78 is 28.5. The van der Waals surface area contributed by atoms with Crippen molar-refractivity contribution in [3.8, 4) is 11.1 Å². The highest BCUT2D eigenvalue weighted by atomic mass is 32.2. The lowest BCUT2D eigenvalue weighted by Gasteiger charge is -2.26. The molecule has 136 valence electrons. The minimum atomic E-state index is -2.89. The summed E-state index contributed by atoms with van der Waals surface area (Å²) in [5, 5.41) is 0. The van der Waals surface area contributed by atoms with Gasteiger partial charge in [-0.25, -0.2) is 8.42 Å². The van der Waals surface area contributed by atoms with Crippen molar-refractivity contribution in [1.82, 2.24) is 4.90 Å². The molecule has 2 aromatic rings. The quantitative estimate of drug-likeness (QED) is 0.770. The van der Waals surface area contributed by atoms with Gasteiger partial charge in [0.1, 0.15) is 12.5 Å². The van der Waals surface area contributed by atoms with Gasteiger partial charge in [-0.15, -0.1) is 0 Å². The number of nitrogens with zero attached hydrogens (tertiary/aromatic N) is 1. The van der Waals surface area contributed by atoms with Crippen molar-refractivity contribution in [2.75, 3.05) is 37.7 Å². The molecule has 6 heteroatoms. The number of hydrogen-bond donors (Lipinski definition) is 0. The van der Waals surface area contributed by atoms with Gasteiger partial charge in [-0.05, 0) is 22.3 Å². The second-order valence-corrected chi connectivity index (χ2v) is 9.07. The molecule has 26 heavy (non-hydrogen) atoms. The summed E-state index contributed by atoms with van der Waals surface area (Å²) >= 11 is 0. The van der Waals surface area contributed by atoms with Gasteiger partial charge in [0.25, 0.3) is 0 Å². The first kappa shape index (κ1) is 17.2. The number of ether oxygens (including phenoxy) is 1. The normalized spacial score (nSPS) is 18.9. The average molecular weight is 371 g/mol. The van der Waals surface area contributed by atoms with Gasteiger partial charge in [0.15, 0.2) is 9.84 Å². The number of carbonyl (C=O) groups is 1. The fourth-order valence-electron chi connectivity index (χ4n) is 3.74. The molecule has 1 fully saturated rings. The van der Waals surface area contributed by atoms with Crippen LogP contribution in [-0.2, 0) is 19.4 Å². The fourth-order valence-corrected chi connectivity index (χ4v) is 5.02. The molecule has 2 aromatic carbocycles. The summed E-state index contributed by atoms with van der Waals surface area (Å²) in [6.07, 6.45) is 0. The monoisotopic (exact) mass is 371 g/mol. The summed E-state index contributed by atoms with van der Waals surface area (Å²) in [4.78, 5) is 14.8. The highest BCUT2D eigenvalue weighted by Gasteiger charge is 2.34. The van der Waals surface area contributed by atoms with E-state index in [-0.39, 0.29) is 30.0 Å². The van der Waals surface area contributed by atoms with Crippen LogP contribution in [0.2, 0.25) is 0 Å². The van der Waals surface area contributed by atoms with Crippen molar-refractivity contribution in [3.05, 3.63) is 59.7 Å². The van der Waals surface area contributed by atoms with Crippen LogP contribution in [-0.4, -0.2) is 57.0 Å². The summed E-state index contributed by atoms with van der Waals surface area (Å²) in [7, 11) is -2.89. The van der Waals surface area contributed by atoms with Gasteiger partial charge in [0.2, 0.25) is 0 Å². The van der Waals surface area contributed by atoms with E-state index in [1.54, 1.807) is 0 Å². The second-order valence-electron chi connectivity index (χ2n) is 6.77. The molecule has 0 saturated carbocycles. The van der Waals surface area contributed by atoms with E-state index < -0.39 is 9.84 Å². The summed E-state index contributed by atoms with van der Waals surface area (Å²) in [5.74, 6) is -0.259. The Labute approximate surface area is 153 Å². The molecule has 5 nitrogen and oxygen atoms in total. The van der Waals surface area contributed by atoms with E-state index in [4.69, 9.17) is 4.74 Å². The lowest BCUT2D eigenvalue weighted by Crippen LogP contribution is -2.42. The van der Waals surface area contributed by atoms with Crippen LogP contribution < -0.4 is 0 Å². The topological polar surface area (TPSA) is 63.7 Å². The molecule has 0 amide bonds. The van der Waals surface area contributed by atoms with Crippen LogP contribution in [0.5, 0.6) is 0 Å². The number of benzene rings is 2. The number of fused-ring (bicyclic) bond motifs is 3. The van der Waals surface area contributed by atoms with Crippen LogP contribution in [0.4, 0.5) is 0 Å². The van der Waals surface area contributed by atoms with Gasteiger partial charge in [-0.2, -0.15) is 0 Å². The van der Waals surface area contributed by atoms with E-state index in [0.29, 0.717) is 19.6 Å². The van der Waals surface area contributed by atoms with Crippen LogP contribution in [0, 0.1) is 0 Å². The molecule has 1 aliphatic heterocycles. The Balaban J connectivity index is 1.42. The van der Waals surface area contributed by atoms with E-state index in [1.807, 2.05) is 53.4 Å². The predicted molar refractivity (Wildman–Crippen MR) is 99.8 cm³/mol. The number of sulfone groups is 1. The second kappa shape index (κ2) is 6.85. The Kier molecular flexibility index (Phi) is 4.54. The lowest BCUT2D eigenvalue weighted by molar-refractivity contribution is -0.144. The van der Waals surface area contributed by atoms with Crippen molar-refractivity contribution in [2.24, 2.45) is 0 Å². The molecule has 1 aliphatic carbocycles. The summed E-state index contributed by atoms with van der Waals surface area (Å²) in [5.41, 5.74) is 4.16. The Bertz CT molecular complexity index is 879. The number of carbonyl (C=O) groups excluding carboxylic acids is 1. The zero-order valence-corrected chi connectivity index (χ0v) is 15.2. The molecule has 0 spiro atoms. The number of hydrogen-bond acceptors (Lipinski definition) is 5. The van der Waals surface area contributed by atoms with E-state index in [0.717, 1.165) is 22.3 Å². The molecule has 0 bridgehead atoms. The Morgan fingerprint density at radius 3 is 2.08 bits per heavy atom. The highest BCUT2D eigenvalue weighted by Crippen LogP contribution is 2.44. The third-order valence-electron chi connectivity index (χ3n) is 5.16. The van der Waals surface area contributed by atoms with Gasteiger partial charge < -0.3 is 4.74 Å². The maximum absolute atomic E-state index is 12.8. The highest BCUT2D eigenvalue weighted by molar-refractivity contribution is 7.91. The first-order valence-corrected chi connectivity index (χ1v) is 10.6. The SMILES string of the molecule is O=C(OCCN1CCS(=O)(=O)CC1)C1c2ccccc2-c2ccccc21. The minimum Gasteiger partial charge on any atom is -0.464 e. The molecule has 1 heterocycles. The van der Waals surface area contributed by atoms with Gasteiger partial charge in [0.05, 0.1) is 11.5 Å². The first-order valence-electron chi connectivity index (χ1n) is 8.83. The largest absolute Gasteiger partial charge is 0.464 e. The van der Waals surface area contributed by atoms with E-state index in [2.05, 4.69) is 0 Å². The van der Waals surface area contributed by atoms with Crippen LogP contribution in [0.1, 0.15) is 17.0 Å². The van der Waals surface area contributed by atoms with Crippen LogP contribution >= 0.6 is 0 Å². The summed E-state index contributed by atoms with van der Waals surface area (Å²) in [6, 6.07) is 15.9. The third kappa shape index (κ3) is 3.27. The standard InChI is InChI=1S/C20H21NO4S/c22-20(25-12-9-21-10-13-26(23,24)14-11-21)19-17-7-3-1-5-15(17)16-6-2-4-8-18(16)19/h1-8,19H,9-14H2. The van der Waals surface area contributed by atoms with E-state index in [1.165, 1.54) is 0 Å². The van der Waals surface area contributed by atoms with Crippen molar-refractivity contribution >= 4 is 15.8 Å². The number of esters is 1. The summed E-state index contributed by atoms with van der Waals surface area (Å²) in [6.45, 7) is 1.86. The van der Waals surface area contributed by atoms with Gasteiger partial charge in [-0.3, -0.25) is 9.69 Å². The molecule has 2 aliphatic rings. The van der Waals surface area contributed by atoms with Crippen molar-refractivity contribution < 1.29 is 17.9 Å².